The van der Waals surface area contributed by atoms with Crippen LogP contribution < -0.4 is 0 Å². The van der Waals surface area contributed by atoms with E-state index in [1.165, 1.54) is 16.3 Å². The van der Waals surface area contributed by atoms with Crippen LogP contribution in [0.3, 0.4) is 0 Å². The lowest BCUT2D eigenvalue weighted by atomic mass is 9.97. The molecule has 0 saturated heterocycles. The SMILES string of the molecule is c1ccc2c(-c3ccc(-c4nc(-c5ccc(-c6ccnc7ccccc67)cc5)nc(-c5ccc(-c6ccnc7ccccc67)cc5)n4)cc3)cccc2c1. The van der Waals surface area contributed by atoms with Crippen molar-refractivity contribution in [3.05, 3.63) is 188 Å². The van der Waals surface area contributed by atoms with E-state index in [9.17, 15) is 0 Å². The van der Waals surface area contributed by atoms with Gasteiger partial charge in [-0.25, -0.2) is 15.0 Å². The zero-order chi connectivity index (χ0) is 35.8. The van der Waals surface area contributed by atoms with Crippen molar-refractivity contribution >= 4 is 32.6 Å². The first-order valence-corrected chi connectivity index (χ1v) is 18.0. The summed E-state index contributed by atoms with van der Waals surface area (Å²) in [5.74, 6) is 1.85. The highest BCUT2D eigenvalue weighted by Crippen LogP contribution is 2.34. The summed E-state index contributed by atoms with van der Waals surface area (Å²) in [7, 11) is 0. The zero-order valence-electron chi connectivity index (χ0n) is 29.1. The van der Waals surface area contributed by atoms with Gasteiger partial charge in [-0.1, -0.05) is 152 Å². The Hall–Kier alpha value is -7.37. The lowest BCUT2D eigenvalue weighted by Gasteiger charge is -2.11. The quantitative estimate of drug-likeness (QED) is 0.174. The predicted octanol–water partition coefficient (Wildman–Crippen LogP) is 12.1. The molecule has 5 nitrogen and oxygen atoms in total. The number of rotatable bonds is 6. The predicted molar refractivity (Wildman–Crippen MR) is 221 cm³/mol. The Kier molecular flexibility index (Phi) is 7.73. The number of fused-ring (bicyclic) bond motifs is 3. The van der Waals surface area contributed by atoms with Gasteiger partial charge in [-0.05, 0) is 68.4 Å². The van der Waals surface area contributed by atoms with E-state index in [-0.39, 0.29) is 0 Å². The van der Waals surface area contributed by atoms with E-state index >= 15 is 0 Å². The van der Waals surface area contributed by atoms with Crippen molar-refractivity contribution in [3.8, 4) is 67.5 Å². The van der Waals surface area contributed by atoms with E-state index in [0.29, 0.717) is 17.5 Å². The van der Waals surface area contributed by atoms with Crippen LogP contribution in [0.2, 0.25) is 0 Å². The first kappa shape index (κ1) is 31.4. The number of pyridine rings is 2. The van der Waals surface area contributed by atoms with Gasteiger partial charge in [-0.2, -0.15) is 0 Å². The van der Waals surface area contributed by atoms with Gasteiger partial charge in [0.1, 0.15) is 0 Å². The first-order valence-electron chi connectivity index (χ1n) is 18.0. The molecule has 252 valence electrons. The van der Waals surface area contributed by atoms with Gasteiger partial charge in [-0.15, -0.1) is 0 Å². The van der Waals surface area contributed by atoms with Crippen LogP contribution in [0.4, 0.5) is 0 Å². The summed E-state index contributed by atoms with van der Waals surface area (Å²) in [5, 5.41) is 4.68. The maximum absolute atomic E-state index is 5.06. The summed E-state index contributed by atoms with van der Waals surface area (Å²) in [6.45, 7) is 0. The van der Waals surface area contributed by atoms with E-state index in [4.69, 9.17) is 15.0 Å². The molecule has 7 aromatic carbocycles. The standard InChI is InChI=1S/C49H31N5/c1-2-10-39-32(8-1)9-7-13-40(39)33-16-22-36(23-17-33)47-52-48(37-24-18-34(19-25-37)41-28-30-50-45-14-5-3-11-43(41)45)54-49(53-47)38-26-20-35(21-27-38)42-29-31-51-46-15-6-4-12-44(42)46/h1-31H. The lowest BCUT2D eigenvalue weighted by molar-refractivity contribution is 1.07. The van der Waals surface area contributed by atoms with E-state index in [0.717, 1.165) is 66.3 Å². The third-order valence-electron chi connectivity index (χ3n) is 10.1. The van der Waals surface area contributed by atoms with Crippen LogP contribution in [-0.4, -0.2) is 24.9 Å². The summed E-state index contributed by atoms with van der Waals surface area (Å²) in [6.07, 6.45) is 3.73. The first-order chi connectivity index (χ1) is 26.7. The molecule has 0 aliphatic rings. The molecule has 3 aromatic heterocycles. The molecule has 0 aliphatic carbocycles. The Morgan fingerprint density at radius 3 is 1.07 bits per heavy atom. The molecule has 0 bridgehead atoms. The second-order valence-corrected chi connectivity index (χ2v) is 13.3. The van der Waals surface area contributed by atoms with Crippen LogP contribution in [0.15, 0.2) is 188 Å². The third-order valence-corrected chi connectivity index (χ3v) is 10.1. The average Bonchev–Trinajstić information content (AvgIpc) is 3.26. The topological polar surface area (TPSA) is 64.5 Å². The Labute approximate surface area is 312 Å². The largest absolute Gasteiger partial charge is 0.256 e. The molecule has 54 heavy (non-hydrogen) atoms. The highest BCUT2D eigenvalue weighted by molar-refractivity contribution is 5.97. The van der Waals surface area contributed by atoms with Crippen molar-refractivity contribution in [2.24, 2.45) is 0 Å². The van der Waals surface area contributed by atoms with Crippen LogP contribution in [0.1, 0.15) is 0 Å². The van der Waals surface area contributed by atoms with E-state index in [2.05, 4.69) is 162 Å². The normalized spacial score (nSPS) is 11.3. The van der Waals surface area contributed by atoms with Gasteiger partial charge in [-0.3, -0.25) is 9.97 Å². The van der Waals surface area contributed by atoms with E-state index in [1.807, 2.05) is 36.7 Å². The number of hydrogen-bond donors (Lipinski definition) is 0. The third kappa shape index (κ3) is 5.74. The number of hydrogen-bond acceptors (Lipinski definition) is 5. The fourth-order valence-corrected chi connectivity index (χ4v) is 7.33. The molecule has 0 fully saturated rings. The fourth-order valence-electron chi connectivity index (χ4n) is 7.33. The second-order valence-electron chi connectivity index (χ2n) is 13.3. The van der Waals surface area contributed by atoms with Crippen molar-refractivity contribution in [1.29, 1.82) is 0 Å². The van der Waals surface area contributed by atoms with Gasteiger partial charge in [0, 0.05) is 39.9 Å². The highest BCUT2D eigenvalue weighted by Gasteiger charge is 2.15. The van der Waals surface area contributed by atoms with Gasteiger partial charge in [0.15, 0.2) is 17.5 Å². The van der Waals surface area contributed by atoms with Crippen LogP contribution in [-0.2, 0) is 0 Å². The molecule has 0 spiro atoms. The number of benzene rings is 7. The molecule has 0 N–H and O–H groups in total. The Morgan fingerprint density at radius 2 is 0.611 bits per heavy atom. The summed E-state index contributed by atoms with van der Waals surface area (Å²) in [6, 6.07) is 60.9. The van der Waals surface area contributed by atoms with Gasteiger partial charge in [0.25, 0.3) is 0 Å². The molecule has 0 saturated carbocycles. The molecule has 0 radical (unpaired) electrons. The van der Waals surface area contributed by atoms with E-state index in [1.54, 1.807) is 0 Å². The molecular weight excluding hydrogens is 659 g/mol. The highest BCUT2D eigenvalue weighted by atomic mass is 15.0. The molecule has 0 aliphatic heterocycles. The maximum Gasteiger partial charge on any atom is 0.164 e. The molecule has 10 aromatic rings. The van der Waals surface area contributed by atoms with Crippen molar-refractivity contribution in [1.82, 2.24) is 24.9 Å². The van der Waals surface area contributed by atoms with Crippen LogP contribution in [0.5, 0.6) is 0 Å². The summed E-state index contributed by atoms with van der Waals surface area (Å²) in [5.41, 5.74) is 11.5. The van der Waals surface area contributed by atoms with Gasteiger partial charge in [0.05, 0.1) is 11.0 Å². The average molecular weight is 690 g/mol. The van der Waals surface area contributed by atoms with Gasteiger partial charge in [0.2, 0.25) is 0 Å². The molecular formula is C49H31N5. The maximum atomic E-state index is 5.06. The summed E-state index contributed by atoms with van der Waals surface area (Å²) < 4.78 is 0. The monoisotopic (exact) mass is 689 g/mol. The minimum atomic E-state index is 0.614. The van der Waals surface area contributed by atoms with Crippen molar-refractivity contribution < 1.29 is 0 Å². The number of nitrogens with zero attached hydrogens (tertiary/aromatic N) is 5. The van der Waals surface area contributed by atoms with E-state index < -0.39 is 0 Å². The van der Waals surface area contributed by atoms with Crippen LogP contribution >= 0.6 is 0 Å². The van der Waals surface area contributed by atoms with Crippen molar-refractivity contribution in [3.63, 3.8) is 0 Å². The fraction of sp³-hybridized carbons (Fsp3) is 0. The minimum Gasteiger partial charge on any atom is -0.256 e. The van der Waals surface area contributed by atoms with Crippen LogP contribution in [0, 0.1) is 0 Å². The molecule has 10 rings (SSSR count). The van der Waals surface area contributed by atoms with Gasteiger partial charge < -0.3 is 0 Å². The molecule has 3 heterocycles. The Bertz CT molecular complexity index is 2620. The Balaban J connectivity index is 1.06. The molecule has 0 atom stereocenters. The second kappa shape index (κ2) is 13.3. The number of para-hydroxylation sites is 2. The number of aromatic nitrogens is 5. The smallest absolute Gasteiger partial charge is 0.164 e. The van der Waals surface area contributed by atoms with Gasteiger partial charge >= 0.3 is 0 Å². The molecule has 5 heteroatoms. The zero-order valence-corrected chi connectivity index (χ0v) is 29.1. The minimum absolute atomic E-state index is 0.614. The Morgan fingerprint density at radius 1 is 0.259 bits per heavy atom. The summed E-state index contributed by atoms with van der Waals surface area (Å²) in [4.78, 5) is 24.3. The van der Waals surface area contributed by atoms with Crippen LogP contribution in [0.25, 0.3) is 100 Å². The molecule has 0 amide bonds. The lowest BCUT2D eigenvalue weighted by Crippen LogP contribution is -2.00. The summed E-state index contributed by atoms with van der Waals surface area (Å²) >= 11 is 0. The molecule has 0 unspecified atom stereocenters. The van der Waals surface area contributed by atoms with Crippen molar-refractivity contribution in [2.75, 3.05) is 0 Å². The van der Waals surface area contributed by atoms with Crippen molar-refractivity contribution in [2.45, 2.75) is 0 Å².